The van der Waals surface area contributed by atoms with Crippen molar-refractivity contribution in [1.29, 1.82) is 0 Å². The summed E-state index contributed by atoms with van der Waals surface area (Å²) in [7, 11) is 3.41. The highest BCUT2D eigenvalue weighted by atomic mass is 33.1. The van der Waals surface area contributed by atoms with Gasteiger partial charge in [0.15, 0.2) is 0 Å². The quantitative estimate of drug-likeness (QED) is 0.605. The van der Waals surface area contributed by atoms with Crippen LogP contribution in [0.2, 0.25) is 0 Å². The van der Waals surface area contributed by atoms with Crippen LogP contribution < -0.4 is 11.5 Å². The summed E-state index contributed by atoms with van der Waals surface area (Å²) in [6.07, 6.45) is 0.954. The van der Waals surface area contributed by atoms with E-state index in [0.717, 1.165) is 33.2 Å². The van der Waals surface area contributed by atoms with Gasteiger partial charge in [0, 0.05) is 21.2 Å². The Bertz CT molecular complexity index is 666. The predicted octanol–water partition coefficient (Wildman–Crippen LogP) is 5.14. The van der Waals surface area contributed by atoms with Gasteiger partial charge in [-0.05, 0) is 60.2 Å². The highest BCUT2D eigenvalue weighted by Crippen LogP contribution is 2.46. The fraction of sp³-hybridized carbons (Fsp3) is 0.294. The van der Waals surface area contributed by atoms with Crippen molar-refractivity contribution in [2.24, 2.45) is 0 Å². The molecule has 0 aliphatic rings. The molecule has 0 aromatic heterocycles. The van der Waals surface area contributed by atoms with Crippen LogP contribution >= 0.6 is 21.6 Å². The second-order valence-corrected chi connectivity index (χ2v) is 7.40. The maximum atomic E-state index is 6.30. The van der Waals surface area contributed by atoms with Gasteiger partial charge in [0.1, 0.15) is 0 Å². The van der Waals surface area contributed by atoms with Gasteiger partial charge in [-0.2, -0.15) is 0 Å². The summed E-state index contributed by atoms with van der Waals surface area (Å²) in [6.45, 7) is 8.37. The number of hydrogen-bond donors (Lipinski definition) is 2. The van der Waals surface area contributed by atoms with E-state index in [1.807, 2.05) is 6.92 Å². The van der Waals surface area contributed by atoms with E-state index >= 15 is 0 Å². The first kappa shape index (κ1) is 16.1. The first-order valence-electron chi connectivity index (χ1n) is 7.03. The molecule has 0 bridgehead atoms. The summed E-state index contributed by atoms with van der Waals surface area (Å²) < 4.78 is 0. The van der Waals surface area contributed by atoms with Crippen LogP contribution in [0.5, 0.6) is 0 Å². The normalized spacial score (nSPS) is 10.9. The number of anilines is 2. The lowest BCUT2D eigenvalue weighted by Gasteiger charge is -2.14. The Morgan fingerprint density at radius 3 is 1.81 bits per heavy atom. The van der Waals surface area contributed by atoms with Crippen LogP contribution in [0, 0.1) is 20.8 Å². The van der Waals surface area contributed by atoms with E-state index in [-0.39, 0.29) is 0 Å². The summed E-state index contributed by atoms with van der Waals surface area (Å²) in [5.41, 5.74) is 19.0. The Morgan fingerprint density at radius 1 is 0.762 bits per heavy atom. The zero-order valence-corrected chi connectivity index (χ0v) is 14.6. The van der Waals surface area contributed by atoms with Crippen molar-refractivity contribution in [3.8, 4) is 0 Å². The highest BCUT2D eigenvalue weighted by molar-refractivity contribution is 8.76. The van der Waals surface area contributed by atoms with E-state index in [1.54, 1.807) is 21.6 Å². The predicted molar refractivity (Wildman–Crippen MR) is 97.0 cm³/mol. The molecule has 0 unspecified atom stereocenters. The lowest BCUT2D eigenvalue weighted by molar-refractivity contribution is 1.12. The molecular weight excluding hydrogens is 296 g/mol. The molecule has 0 aliphatic carbocycles. The van der Waals surface area contributed by atoms with Crippen molar-refractivity contribution in [1.82, 2.24) is 0 Å². The number of benzene rings is 2. The van der Waals surface area contributed by atoms with Gasteiger partial charge in [0.2, 0.25) is 0 Å². The number of aryl methyl sites for hydroxylation is 4. The average molecular weight is 319 g/mol. The molecule has 0 saturated carbocycles. The summed E-state index contributed by atoms with van der Waals surface area (Å²) in [4.78, 5) is 2.29. The topological polar surface area (TPSA) is 52.0 Å². The Hall–Kier alpha value is -1.26. The molecule has 2 aromatic rings. The minimum atomic E-state index is 0.871. The molecular formula is C17H22N2S2. The first-order valence-corrected chi connectivity index (χ1v) is 9.18. The minimum Gasteiger partial charge on any atom is -0.398 e. The molecule has 112 valence electrons. The zero-order valence-electron chi connectivity index (χ0n) is 13.0. The van der Waals surface area contributed by atoms with Crippen LogP contribution in [0.15, 0.2) is 34.1 Å². The third-order valence-electron chi connectivity index (χ3n) is 3.68. The van der Waals surface area contributed by atoms with Crippen molar-refractivity contribution in [3.63, 3.8) is 0 Å². The molecule has 0 radical (unpaired) electrons. The van der Waals surface area contributed by atoms with Crippen molar-refractivity contribution in [2.75, 3.05) is 11.5 Å². The number of nitrogen functional groups attached to an aromatic ring is 2. The van der Waals surface area contributed by atoms with E-state index in [2.05, 4.69) is 45.0 Å². The number of hydrogen-bond acceptors (Lipinski definition) is 4. The van der Waals surface area contributed by atoms with Gasteiger partial charge < -0.3 is 11.5 Å². The first-order chi connectivity index (χ1) is 9.95. The number of nitrogens with two attached hydrogens (primary N) is 2. The van der Waals surface area contributed by atoms with Crippen LogP contribution in [0.1, 0.15) is 29.2 Å². The molecule has 0 fully saturated rings. The summed E-state index contributed by atoms with van der Waals surface area (Å²) in [6, 6.07) is 8.44. The van der Waals surface area contributed by atoms with Crippen molar-refractivity contribution in [3.05, 3.63) is 46.5 Å². The van der Waals surface area contributed by atoms with E-state index in [4.69, 9.17) is 11.5 Å². The Kier molecular flexibility index (Phi) is 5.12. The second-order valence-electron chi connectivity index (χ2n) is 5.25. The molecule has 0 amide bonds. The lowest BCUT2D eigenvalue weighted by Crippen LogP contribution is -1.97. The van der Waals surface area contributed by atoms with Crippen LogP contribution in [-0.4, -0.2) is 0 Å². The molecule has 2 rings (SSSR count). The van der Waals surface area contributed by atoms with Crippen LogP contribution in [-0.2, 0) is 6.42 Å². The average Bonchev–Trinajstić information content (AvgIpc) is 2.46. The Balaban J connectivity index is 2.31. The van der Waals surface area contributed by atoms with E-state index in [1.165, 1.54) is 16.7 Å². The molecule has 0 heterocycles. The summed E-state index contributed by atoms with van der Waals surface area (Å²) in [5.74, 6) is 0. The highest BCUT2D eigenvalue weighted by Gasteiger charge is 2.12. The number of rotatable bonds is 4. The molecule has 21 heavy (non-hydrogen) atoms. The van der Waals surface area contributed by atoms with E-state index < -0.39 is 0 Å². The minimum absolute atomic E-state index is 0.871. The van der Waals surface area contributed by atoms with Crippen molar-refractivity contribution >= 4 is 33.0 Å². The smallest absolute Gasteiger partial charge is 0.0496 e. The van der Waals surface area contributed by atoms with Gasteiger partial charge in [0.05, 0.1) is 0 Å². The summed E-state index contributed by atoms with van der Waals surface area (Å²) >= 11 is 0. The molecule has 0 spiro atoms. The molecule has 0 atom stereocenters. The van der Waals surface area contributed by atoms with E-state index in [9.17, 15) is 0 Å². The molecule has 4 heteroatoms. The monoisotopic (exact) mass is 318 g/mol. The van der Waals surface area contributed by atoms with Crippen molar-refractivity contribution < 1.29 is 0 Å². The largest absolute Gasteiger partial charge is 0.398 e. The molecule has 4 N–H and O–H groups in total. The second kappa shape index (κ2) is 6.67. The van der Waals surface area contributed by atoms with Crippen molar-refractivity contribution in [2.45, 2.75) is 43.9 Å². The molecule has 2 nitrogen and oxygen atoms in total. The third kappa shape index (κ3) is 3.33. The van der Waals surface area contributed by atoms with Crippen LogP contribution in [0.25, 0.3) is 0 Å². The fourth-order valence-corrected chi connectivity index (χ4v) is 5.03. The molecule has 0 saturated heterocycles. The fourth-order valence-electron chi connectivity index (χ4n) is 2.17. The van der Waals surface area contributed by atoms with Gasteiger partial charge in [-0.1, -0.05) is 42.0 Å². The molecule has 0 aliphatic heterocycles. The Labute approximate surface area is 135 Å². The van der Waals surface area contributed by atoms with Crippen LogP contribution in [0.4, 0.5) is 11.4 Å². The maximum Gasteiger partial charge on any atom is 0.0496 e. The lowest BCUT2D eigenvalue weighted by atomic mass is 10.1. The van der Waals surface area contributed by atoms with E-state index in [0.29, 0.717) is 0 Å². The van der Waals surface area contributed by atoms with Gasteiger partial charge in [-0.15, -0.1) is 0 Å². The Morgan fingerprint density at radius 2 is 1.24 bits per heavy atom. The maximum absolute atomic E-state index is 6.30. The van der Waals surface area contributed by atoms with Gasteiger partial charge in [-0.3, -0.25) is 0 Å². The SMILES string of the molecule is CCc1ccc(C)c(SSc2c(C)ccc(C)c2N)c1N. The van der Waals surface area contributed by atoms with Gasteiger partial charge >= 0.3 is 0 Å². The van der Waals surface area contributed by atoms with Crippen LogP contribution in [0.3, 0.4) is 0 Å². The summed E-state index contributed by atoms with van der Waals surface area (Å²) in [5, 5.41) is 0. The van der Waals surface area contributed by atoms with Gasteiger partial charge in [0.25, 0.3) is 0 Å². The zero-order chi connectivity index (χ0) is 15.6. The molecule has 2 aromatic carbocycles. The third-order valence-corrected chi connectivity index (χ3v) is 6.43. The van der Waals surface area contributed by atoms with Gasteiger partial charge in [-0.25, -0.2) is 0 Å². The standard InChI is InChI=1S/C17H22N2S2/c1-5-13-9-8-12(4)17(15(13)19)21-20-16-11(3)7-6-10(2)14(16)18/h6-9H,5,18-19H2,1-4H3.